The lowest BCUT2D eigenvalue weighted by molar-refractivity contribution is 0.118. The number of thiol groups is 1. The smallest absolute Gasteiger partial charge is 0.0558 e. The molecule has 1 atom stereocenters. The molecule has 4 heteroatoms. The van der Waals surface area contributed by atoms with Crippen LogP contribution in [0.3, 0.4) is 0 Å². The van der Waals surface area contributed by atoms with Crippen LogP contribution in [0.5, 0.6) is 0 Å². The monoisotopic (exact) mass is 235 g/mol. The van der Waals surface area contributed by atoms with Gasteiger partial charge in [0.25, 0.3) is 0 Å². The van der Waals surface area contributed by atoms with Gasteiger partial charge in [0.05, 0.1) is 13.2 Å². The number of hydrogen-bond acceptors (Lipinski definition) is 4. The standard InChI is InChI=1S/C11H25NO2S/c1-11(2,3)10(9-15)8-12(4-6-13)5-7-14/h10,13-15H,4-9H2,1-3H3. The Morgan fingerprint density at radius 3 is 1.87 bits per heavy atom. The molecule has 0 aromatic carbocycles. The minimum Gasteiger partial charge on any atom is -0.395 e. The first-order valence-electron chi connectivity index (χ1n) is 5.50. The summed E-state index contributed by atoms with van der Waals surface area (Å²) in [6.07, 6.45) is 0. The molecule has 3 nitrogen and oxygen atoms in total. The normalized spacial score (nSPS) is 14.6. The van der Waals surface area contributed by atoms with Gasteiger partial charge >= 0.3 is 0 Å². The zero-order valence-electron chi connectivity index (χ0n) is 10.1. The van der Waals surface area contributed by atoms with E-state index in [0.717, 1.165) is 12.3 Å². The highest BCUT2D eigenvalue weighted by atomic mass is 32.1. The maximum atomic E-state index is 8.91. The maximum absolute atomic E-state index is 8.91. The Labute approximate surface area is 98.9 Å². The molecular weight excluding hydrogens is 210 g/mol. The van der Waals surface area contributed by atoms with Crippen LogP contribution in [0.4, 0.5) is 0 Å². The van der Waals surface area contributed by atoms with Gasteiger partial charge in [0.15, 0.2) is 0 Å². The summed E-state index contributed by atoms with van der Waals surface area (Å²) in [4.78, 5) is 2.09. The summed E-state index contributed by atoms with van der Waals surface area (Å²) < 4.78 is 0. The molecule has 0 heterocycles. The predicted molar refractivity (Wildman–Crippen MR) is 67.4 cm³/mol. The van der Waals surface area contributed by atoms with E-state index >= 15 is 0 Å². The fraction of sp³-hybridized carbons (Fsp3) is 1.00. The molecule has 0 amide bonds. The van der Waals surface area contributed by atoms with Crippen LogP contribution in [-0.4, -0.2) is 53.7 Å². The molecule has 1 unspecified atom stereocenters. The molecule has 0 aliphatic rings. The molecule has 92 valence electrons. The maximum Gasteiger partial charge on any atom is 0.0558 e. The van der Waals surface area contributed by atoms with E-state index in [2.05, 4.69) is 38.3 Å². The zero-order chi connectivity index (χ0) is 11.9. The summed E-state index contributed by atoms with van der Waals surface area (Å²) >= 11 is 4.37. The Hall–Kier alpha value is 0.230. The van der Waals surface area contributed by atoms with Gasteiger partial charge in [0.2, 0.25) is 0 Å². The fourth-order valence-electron chi connectivity index (χ4n) is 1.49. The van der Waals surface area contributed by atoms with E-state index in [0.29, 0.717) is 19.0 Å². The summed E-state index contributed by atoms with van der Waals surface area (Å²) in [6, 6.07) is 0. The van der Waals surface area contributed by atoms with Gasteiger partial charge in [-0.25, -0.2) is 0 Å². The van der Waals surface area contributed by atoms with Crippen LogP contribution in [0.1, 0.15) is 20.8 Å². The minimum atomic E-state index is 0.142. The van der Waals surface area contributed by atoms with Crippen molar-refractivity contribution in [2.45, 2.75) is 20.8 Å². The Bertz CT molecular complexity index is 153. The predicted octanol–water partition coefficient (Wildman–Crippen LogP) is 0.865. The van der Waals surface area contributed by atoms with Crippen LogP contribution < -0.4 is 0 Å². The number of hydrogen-bond donors (Lipinski definition) is 3. The van der Waals surface area contributed by atoms with Gasteiger partial charge in [-0.2, -0.15) is 12.6 Å². The molecular formula is C11H25NO2S. The van der Waals surface area contributed by atoms with Crippen LogP contribution in [-0.2, 0) is 0 Å². The average molecular weight is 235 g/mol. The Balaban J connectivity index is 4.21. The number of aliphatic hydroxyl groups excluding tert-OH is 2. The van der Waals surface area contributed by atoms with Crippen molar-refractivity contribution in [3.8, 4) is 0 Å². The third kappa shape index (κ3) is 6.40. The van der Waals surface area contributed by atoms with Crippen LogP contribution in [0.15, 0.2) is 0 Å². The van der Waals surface area contributed by atoms with Gasteiger partial charge in [-0.1, -0.05) is 20.8 Å². The Kier molecular flexibility index (Phi) is 7.61. The van der Waals surface area contributed by atoms with Gasteiger partial charge in [-0.15, -0.1) is 0 Å². The highest BCUT2D eigenvalue weighted by Crippen LogP contribution is 2.27. The number of nitrogens with zero attached hydrogens (tertiary/aromatic N) is 1. The molecule has 0 saturated carbocycles. The van der Waals surface area contributed by atoms with E-state index in [9.17, 15) is 0 Å². The van der Waals surface area contributed by atoms with Crippen molar-refractivity contribution < 1.29 is 10.2 Å². The zero-order valence-corrected chi connectivity index (χ0v) is 11.0. The second-order valence-corrected chi connectivity index (χ2v) is 5.36. The van der Waals surface area contributed by atoms with Crippen LogP contribution in [0, 0.1) is 11.3 Å². The van der Waals surface area contributed by atoms with Crippen molar-refractivity contribution in [1.82, 2.24) is 4.90 Å². The number of aliphatic hydroxyl groups is 2. The van der Waals surface area contributed by atoms with Gasteiger partial charge in [0.1, 0.15) is 0 Å². The van der Waals surface area contributed by atoms with E-state index in [1.807, 2.05) is 0 Å². The van der Waals surface area contributed by atoms with Crippen LogP contribution in [0.2, 0.25) is 0 Å². The van der Waals surface area contributed by atoms with Gasteiger partial charge < -0.3 is 10.2 Å². The van der Waals surface area contributed by atoms with Gasteiger partial charge in [0, 0.05) is 19.6 Å². The summed E-state index contributed by atoms with van der Waals surface area (Å²) in [5, 5.41) is 17.8. The molecule has 15 heavy (non-hydrogen) atoms. The molecule has 0 aliphatic heterocycles. The van der Waals surface area contributed by atoms with Crippen molar-refractivity contribution in [2.75, 3.05) is 38.6 Å². The van der Waals surface area contributed by atoms with Crippen LogP contribution in [0.25, 0.3) is 0 Å². The third-order valence-electron chi connectivity index (χ3n) is 2.76. The molecule has 0 spiro atoms. The minimum absolute atomic E-state index is 0.142. The summed E-state index contributed by atoms with van der Waals surface area (Å²) in [7, 11) is 0. The molecule has 0 aliphatic carbocycles. The Morgan fingerprint density at radius 1 is 1.13 bits per heavy atom. The van der Waals surface area contributed by atoms with Crippen LogP contribution >= 0.6 is 12.6 Å². The Morgan fingerprint density at radius 2 is 1.60 bits per heavy atom. The first-order valence-corrected chi connectivity index (χ1v) is 6.13. The summed E-state index contributed by atoms with van der Waals surface area (Å²) in [6.45, 7) is 9.01. The largest absolute Gasteiger partial charge is 0.395 e. The molecule has 0 saturated heterocycles. The quantitative estimate of drug-likeness (QED) is 0.574. The van der Waals surface area contributed by atoms with E-state index in [-0.39, 0.29) is 18.6 Å². The lowest BCUT2D eigenvalue weighted by Crippen LogP contribution is -2.39. The summed E-state index contributed by atoms with van der Waals surface area (Å²) in [5.41, 5.74) is 0.213. The van der Waals surface area contributed by atoms with Crippen molar-refractivity contribution in [3.05, 3.63) is 0 Å². The van der Waals surface area contributed by atoms with E-state index in [1.54, 1.807) is 0 Å². The van der Waals surface area contributed by atoms with Gasteiger partial charge in [-0.05, 0) is 17.1 Å². The topological polar surface area (TPSA) is 43.7 Å². The van der Waals surface area contributed by atoms with Crippen molar-refractivity contribution in [2.24, 2.45) is 11.3 Å². The molecule has 0 radical (unpaired) electrons. The highest BCUT2D eigenvalue weighted by Gasteiger charge is 2.25. The lowest BCUT2D eigenvalue weighted by Gasteiger charge is -2.34. The van der Waals surface area contributed by atoms with E-state index < -0.39 is 0 Å². The molecule has 0 rings (SSSR count). The molecule has 0 aromatic rings. The van der Waals surface area contributed by atoms with Crippen molar-refractivity contribution in [1.29, 1.82) is 0 Å². The SMILES string of the molecule is CC(C)(C)C(CS)CN(CCO)CCO. The first kappa shape index (κ1) is 15.2. The third-order valence-corrected chi connectivity index (χ3v) is 3.20. The molecule has 0 bridgehead atoms. The highest BCUT2D eigenvalue weighted by molar-refractivity contribution is 7.80. The van der Waals surface area contributed by atoms with Crippen molar-refractivity contribution >= 4 is 12.6 Å². The first-order chi connectivity index (χ1) is 6.95. The van der Waals surface area contributed by atoms with Crippen molar-refractivity contribution in [3.63, 3.8) is 0 Å². The second kappa shape index (κ2) is 7.49. The number of rotatable bonds is 7. The summed E-state index contributed by atoms with van der Waals surface area (Å²) in [5.74, 6) is 1.30. The van der Waals surface area contributed by atoms with E-state index in [4.69, 9.17) is 10.2 Å². The van der Waals surface area contributed by atoms with Gasteiger partial charge in [-0.3, -0.25) is 4.90 Å². The van der Waals surface area contributed by atoms with E-state index in [1.165, 1.54) is 0 Å². The molecule has 0 aromatic heterocycles. The molecule has 0 fully saturated rings. The fourth-order valence-corrected chi connectivity index (χ4v) is 2.16. The molecule has 2 N–H and O–H groups in total. The average Bonchev–Trinajstić information content (AvgIpc) is 2.12. The lowest BCUT2D eigenvalue weighted by atomic mass is 9.81. The second-order valence-electron chi connectivity index (χ2n) is 4.99.